The van der Waals surface area contributed by atoms with Crippen molar-refractivity contribution in [2.75, 3.05) is 0 Å². The summed E-state index contributed by atoms with van der Waals surface area (Å²) in [5.74, 6) is -0.135. The average molecular weight is 388 g/mol. The molecule has 0 fully saturated rings. The highest BCUT2D eigenvalue weighted by Crippen LogP contribution is 2.23. The molecule has 1 aromatic carbocycles. The molecular formula is C22H20N4OS. The molecule has 0 aliphatic carbocycles. The molecule has 0 radical (unpaired) electrons. The number of para-hydroxylation sites is 1. The van der Waals surface area contributed by atoms with Crippen LogP contribution >= 0.6 is 11.3 Å². The number of nitrogens with zero attached hydrogens (tertiary/aromatic N) is 3. The van der Waals surface area contributed by atoms with E-state index in [4.69, 9.17) is 0 Å². The predicted octanol–water partition coefficient (Wildman–Crippen LogP) is 4.36. The maximum atomic E-state index is 13.0. The maximum Gasteiger partial charge on any atom is 0.255 e. The molecule has 0 saturated heterocycles. The number of hydrogen-bond donors (Lipinski definition) is 1. The van der Waals surface area contributed by atoms with Crippen LogP contribution in [-0.4, -0.2) is 26.7 Å². The molecule has 1 unspecified atom stereocenters. The largest absolute Gasteiger partial charge is 0.349 e. The van der Waals surface area contributed by atoms with Crippen LogP contribution in [0.2, 0.25) is 0 Å². The van der Waals surface area contributed by atoms with E-state index in [1.807, 2.05) is 54.8 Å². The zero-order valence-corrected chi connectivity index (χ0v) is 16.3. The van der Waals surface area contributed by atoms with Crippen molar-refractivity contribution in [1.82, 2.24) is 20.1 Å². The van der Waals surface area contributed by atoms with E-state index in [-0.39, 0.29) is 11.9 Å². The van der Waals surface area contributed by atoms with Crippen LogP contribution in [0.1, 0.15) is 22.8 Å². The molecule has 6 heteroatoms. The van der Waals surface area contributed by atoms with Crippen molar-refractivity contribution in [2.45, 2.75) is 19.4 Å². The van der Waals surface area contributed by atoms with Crippen LogP contribution in [0, 0.1) is 0 Å². The number of rotatable bonds is 6. The van der Waals surface area contributed by atoms with Crippen LogP contribution in [0.4, 0.5) is 0 Å². The lowest BCUT2D eigenvalue weighted by molar-refractivity contribution is 0.0941. The Morgan fingerprint density at radius 2 is 2.04 bits per heavy atom. The van der Waals surface area contributed by atoms with Gasteiger partial charge in [0.05, 0.1) is 11.3 Å². The maximum absolute atomic E-state index is 13.0. The summed E-state index contributed by atoms with van der Waals surface area (Å²) < 4.78 is 1.74. The second-order valence-corrected chi connectivity index (χ2v) is 7.40. The van der Waals surface area contributed by atoms with Gasteiger partial charge in [-0.1, -0.05) is 18.2 Å². The standard InChI is InChI=1S/C22H20N4OS/c1-16(12-17-9-11-28-15-17)24-22(27)20-14-26(19-7-3-2-4-8-19)25-21(20)18-6-5-10-23-13-18/h2-11,13-16H,12H2,1H3,(H,24,27). The Balaban J connectivity index is 1.64. The molecule has 1 N–H and O–H groups in total. The Kier molecular flexibility index (Phi) is 5.30. The first kappa shape index (κ1) is 18.1. The summed E-state index contributed by atoms with van der Waals surface area (Å²) in [5, 5.41) is 11.9. The van der Waals surface area contributed by atoms with Gasteiger partial charge in [-0.25, -0.2) is 4.68 Å². The van der Waals surface area contributed by atoms with E-state index in [1.165, 1.54) is 5.56 Å². The molecule has 3 aromatic heterocycles. The zero-order chi connectivity index (χ0) is 19.3. The number of carbonyl (C=O) groups excluding carboxylic acids is 1. The summed E-state index contributed by atoms with van der Waals surface area (Å²) in [6.07, 6.45) is 6.01. The molecule has 1 amide bonds. The summed E-state index contributed by atoms with van der Waals surface area (Å²) in [6, 6.07) is 15.6. The molecule has 0 aliphatic heterocycles. The van der Waals surface area contributed by atoms with Gasteiger partial charge in [0.15, 0.2) is 0 Å². The Morgan fingerprint density at radius 3 is 2.75 bits per heavy atom. The minimum atomic E-state index is -0.135. The summed E-state index contributed by atoms with van der Waals surface area (Å²) in [4.78, 5) is 17.2. The van der Waals surface area contributed by atoms with E-state index in [0.717, 1.165) is 17.7 Å². The van der Waals surface area contributed by atoms with E-state index in [9.17, 15) is 4.79 Å². The highest BCUT2D eigenvalue weighted by Gasteiger charge is 2.20. The summed E-state index contributed by atoms with van der Waals surface area (Å²) >= 11 is 1.66. The third kappa shape index (κ3) is 4.02. The lowest BCUT2D eigenvalue weighted by Crippen LogP contribution is -2.34. The molecule has 5 nitrogen and oxygen atoms in total. The number of nitrogens with one attached hydrogen (secondary N) is 1. The lowest BCUT2D eigenvalue weighted by atomic mass is 10.1. The van der Waals surface area contributed by atoms with E-state index >= 15 is 0 Å². The molecule has 3 heterocycles. The van der Waals surface area contributed by atoms with Gasteiger partial charge in [0.25, 0.3) is 5.91 Å². The third-order valence-corrected chi connectivity index (χ3v) is 5.15. The van der Waals surface area contributed by atoms with Gasteiger partial charge in [0, 0.05) is 30.2 Å². The van der Waals surface area contributed by atoms with Crippen molar-refractivity contribution in [3.05, 3.63) is 89.0 Å². The van der Waals surface area contributed by atoms with Crippen LogP contribution < -0.4 is 5.32 Å². The van der Waals surface area contributed by atoms with Gasteiger partial charge >= 0.3 is 0 Å². The zero-order valence-electron chi connectivity index (χ0n) is 15.4. The smallest absolute Gasteiger partial charge is 0.255 e. The molecule has 28 heavy (non-hydrogen) atoms. The average Bonchev–Trinajstić information content (AvgIpc) is 3.39. The number of carbonyl (C=O) groups is 1. The van der Waals surface area contributed by atoms with Crippen LogP contribution in [-0.2, 0) is 6.42 Å². The van der Waals surface area contributed by atoms with Crippen molar-refractivity contribution >= 4 is 17.2 Å². The van der Waals surface area contributed by atoms with Crippen LogP contribution in [0.15, 0.2) is 77.9 Å². The minimum Gasteiger partial charge on any atom is -0.349 e. The number of pyridine rings is 1. The van der Waals surface area contributed by atoms with Gasteiger partial charge in [-0.3, -0.25) is 9.78 Å². The van der Waals surface area contributed by atoms with E-state index < -0.39 is 0 Å². The van der Waals surface area contributed by atoms with E-state index in [0.29, 0.717) is 11.3 Å². The number of hydrogen-bond acceptors (Lipinski definition) is 4. The Hall–Kier alpha value is -3.25. The molecule has 0 aliphatic rings. The fraction of sp³-hybridized carbons (Fsp3) is 0.136. The van der Waals surface area contributed by atoms with E-state index in [2.05, 4.69) is 26.8 Å². The first-order valence-electron chi connectivity index (χ1n) is 9.08. The Labute approximate surface area is 167 Å². The monoisotopic (exact) mass is 388 g/mol. The number of benzene rings is 1. The Bertz CT molecular complexity index is 1040. The number of thiophene rings is 1. The fourth-order valence-corrected chi connectivity index (χ4v) is 3.77. The normalized spacial score (nSPS) is 11.9. The Morgan fingerprint density at radius 1 is 1.18 bits per heavy atom. The van der Waals surface area contributed by atoms with Crippen molar-refractivity contribution in [1.29, 1.82) is 0 Å². The highest BCUT2D eigenvalue weighted by atomic mass is 32.1. The fourth-order valence-electron chi connectivity index (χ4n) is 3.08. The van der Waals surface area contributed by atoms with Gasteiger partial charge in [-0.2, -0.15) is 16.4 Å². The molecular weight excluding hydrogens is 368 g/mol. The number of amides is 1. The van der Waals surface area contributed by atoms with Crippen LogP contribution in [0.25, 0.3) is 16.9 Å². The van der Waals surface area contributed by atoms with Crippen molar-refractivity contribution in [3.8, 4) is 16.9 Å². The summed E-state index contributed by atoms with van der Waals surface area (Å²) in [5.41, 5.74) is 4.10. The highest BCUT2D eigenvalue weighted by molar-refractivity contribution is 7.07. The topological polar surface area (TPSA) is 59.8 Å². The molecule has 0 spiro atoms. The summed E-state index contributed by atoms with van der Waals surface area (Å²) in [7, 11) is 0. The van der Waals surface area contributed by atoms with Gasteiger partial charge in [0.1, 0.15) is 5.69 Å². The first-order valence-corrected chi connectivity index (χ1v) is 10.0. The lowest BCUT2D eigenvalue weighted by Gasteiger charge is -2.13. The van der Waals surface area contributed by atoms with Gasteiger partial charge < -0.3 is 5.32 Å². The summed E-state index contributed by atoms with van der Waals surface area (Å²) in [6.45, 7) is 2.01. The quantitative estimate of drug-likeness (QED) is 0.534. The molecule has 0 saturated carbocycles. The van der Waals surface area contributed by atoms with Gasteiger partial charge in [-0.15, -0.1) is 0 Å². The second kappa shape index (κ2) is 8.19. The van der Waals surface area contributed by atoms with Crippen LogP contribution in [0.5, 0.6) is 0 Å². The van der Waals surface area contributed by atoms with Gasteiger partial charge in [0.2, 0.25) is 0 Å². The SMILES string of the molecule is CC(Cc1ccsc1)NC(=O)c1cn(-c2ccccc2)nc1-c1cccnc1. The van der Waals surface area contributed by atoms with Crippen molar-refractivity contribution < 1.29 is 4.79 Å². The van der Waals surface area contributed by atoms with Crippen molar-refractivity contribution in [2.24, 2.45) is 0 Å². The van der Waals surface area contributed by atoms with E-state index in [1.54, 1.807) is 34.6 Å². The second-order valence-electron chi connectivity index (χ2n) is 6.62. The van der Waals surface area contributed by atoms with Crippen LogP contribution in [0.3, 0.4) is 0 Å². The minimum absolute atomic E-state index is 0.0175. The molecule has 140 valence electrons. The van der Waals surface area contributed by atoms with Crippen molar-refractivity contribution in [3.63, 3.8) is 0 Å². The first-order chi connectivity index (χ1) is 13.7. The number of aromatic nitrogens is 3. The molecule has 4 rings (SSSR count). The third-order valence-electron chi connectivity index (χ3n) is 4.41. The molecule has 0 bridgehead atoms. The van der Waals surface area contributed by atoms with Gasteiger partial charge in [-0.05, 0) is 60.0 Å². The molecule has 4 aromatic rings. The predicted molar refractivity (Wildman–Crippen MR) is 112 cm³/mol. The molecule has 1 atom stereocenters.